The molecule has 95 heavy (non-hydrogen) atoms. The molecule has 0 aromatic heterocycles. The predicted octanol–water partition coefficient (Wildman–Crippen LogP) is 16.2. The van der Waals surface area contributed by atoms with E-state index in [1.54, 1.807) is 97.1 Å². The molecule has 0 saturated heterocycles. The van der Waals surface area contributed by atoms with Crippen molar-refractivity contribution in [1.82, 2.24) is 0 Å². The van der Waals surface area contributed by atoms with Gasteiger partial charge in [0.15, 0.2) is 0 Å². The van der Waals surface area contributed by atoms with E-state index < -0.39 is 47.2 Å². The molecule has 0 aliphatic rings. The van der Waals surface area contributed by atoms with Crippen LogP contribution in [0.3, 0.4) is 0 Å². The lowest BCUT2D eigenvalue weighted by molar-refractivity contribution is -0.138. The minimum absolute atomic E-state index is 0.119. The number of hydrogen-bond donors (Lipinski definition) is 1. The van der Waals surface area contributed by atoms with Crippen LogP contribution in [0.25, 0.3) is 0 Å². The standard InChI is InChI=1S/C44H38F3NO7.C35H38O5/c1-3-41(49)54-29-7-5-27-52-37-22-15-33(16-23-37)10-9-32-13-20-36(21-14-32)43(51)48-40-26-19-35(31-39(40)44(45,46)47)12-11-34-17-24-38(25-18-34)53-28-6-8-30-55-42(50)4-2;1-3-5-6-7-8-11-28-12-14-29(15-13-28)16-17-30-18-22-33(23-19-30)40-35(37)31-20-24-32(25-21-31)38-26-9-10-27-39-34(36)4-2/h3-4,13-26,31H,1-2,5-8,27-30H2,(H,48,51);4,12-15,18-25H,2-3,5-11,26-27H2,1H3. The number of alkyl halides is 3. The Hall–Kier alpha value is -11.0. The van der Waals surface area contributed by atoms with Crippen molar-refractivity contribution in [3.63, 3.8) is 0 Å². The van der Waals surface area contributed by atoms with Crippen molar-refractivity contribution >= 4 is 35.5 Å². The van der Waals surface area contributed by atoms with Crippen LogP contribution in [0.15, 0.2) is 202 Å². The first-order chi connectivity index (χ1) is 46.1. The highest BCUT2D eigenvalue weighted by atomic mass is 19.4. The molecule has 0 aliphatic heterocycles. The molecule has 0 radical (unpaired) electrons. The highest BCUT2D eigenvalue weighted by Gasteiger charge is 2.34. The second kappa shape index (κ2) is 40.8. The minimum Gasteiger partial charge on any atom is -0.494 e. The number of amides is 1. The SMILES string of the molecule is C=CC(=O)OCCCCOc1ccc(C#Cc2ccc(C(=O)Nc3ccc(C#Cc4ccc(OCCCCOC(=O)C=C)cc4)cc3C(F)(F)F)cc2)cc1.C=CC(=O)OCCCCOc1ccc(C(=O)Oc2ccc(C#Cc3ccc(CCCCCCC)cc3)cc2)cc1. The summed E-state index contributed by atoms with van der Waals surface area (Å²) in [5, 5.41) is 2.37. The van der Waals surface area contributed by atoms with E-state index in [-0.39, 0.29) is 17.7 Å². The number of carbonyl (C=O) groups excluding carboxylic acids is 5. The molecule has 0 fully saturated rings. The summed E-state index contributed by atoms with van der Waals surface area (Å²) in [7, 11) is 0. The van der Waals surface area contributed by atoms with Crippen LogP contribution in [0, 0.1) is 35.5 Å². The monoisotopic (exact) mass is 1290 g/mol. The molecule has 0 atom stereocenters. The summed E-state index contributed by atoms with van der Waals surface area (Å²) in [5.41, 5.74) is 4.38. The number of nitrogens with one attached hydrogen (secondary N) is 1. The van der Waals surface area contributed by atoms with Crippen LogP contribution < -0.4 is 24.3 Å². The second-order valence-corrected chi connectivity index (χ2v) is 21.2. The Balaban J connectivity index is 0.000000316. The van der Waals surface area contributed by atoms with Crippen molar-refractivity contribution in [3.05, 3.63) is 257 Å². The number of hydrogen-bond acceptors (Lipinski definition) is 12. The largest absolute Gasteiger partial charge is 0.494 e. The molecule has 0 aliphatic carbocycles. The maximum absolute atomic E-state index is 14.1. The van der Waals surface area contributed by atoms with Gasteiger partial charge in [-0.3, -0.25) is 4.79 Å². The molecule has 0 unspecified atom stereocenters. The first-order valence-electron chi connectivity index (χ1n) is 31.3. The lowest BCUT2D eigenvalue weighted by Gasteiger charge is -2.14. The fourth-order valence-electron chi connectivity index (χ4n) is 8.59. The molecule has 0 spiro atoms. The van der Waals surface area contributed by atoms with Crippen LogP contribution >= 0.6 is 0 Å². The van der Waals surface area contributed by atoms with Crippen molar-refractivity contribution in [2.24, 2.45) is 0 Å². The van der Waals surface area contributed by atoms with Gasteiger partial charge in [-0.15, -0.1) is 0 Å². The summed E-state index contributed by atoms with van der Waals surface area (Å²) in [4.78, 5) is 58.6. The summed E-state index contributed by atoms with van der Waals surface area (Å²) in [6.45, 7) is 14.5. The second-order valence-electron chi connectivity index (χ2n) is 21.2. The van der Waals surface area contributed by atoms with E-state index in [9.17, 15) is 37.1 Å². The number of unbranched alkanes of at least 4 members (excludes halogenated alkanes) is 7. The summed E-state index contributed by atoms with van der Waals surface area (Å²) in [5.74, 6) is 17.9. The zero-order chi connectivity index (χ0) is 67.9. The van der Waals surface area contributed by atoms with Gasteiger partial charge in [0.05, 0.1) is 56.5 Å². The van der Waals surface area contributed by atoms with E-state index in [0.29, 0.717) is 105 Å². The highest BCUT2D eigenvalue weighted by molar-refractivity contribution is 6.04. The third-order valence-corrected chi connectivity index (χ3v) is 13.8. The van der Waals surface area contributed by atoms with Crippen molar-refractivity contribution in [2.45, 2.75) is 90.1 Å². The summed E-state index contributed by atoms with van der Waals surface area (Å²) < 4.78 is 79.5. The van der Waals surface area contributed by atoms with Crippen LogP contribution in [-0.2, 0) is 41.2 Å². The maximum atomic E-state index is 14.1. The third kappa shape index (κ3) is 28.2. The highest BCUT2D eigenvalue weighted by Crippen LogP contribution is 2.36. The molecule has 1 N–H and O–H groups in total. The molecule has 7 rings (SSSR count). The van der Waals surface area contributed by atoms with Gasteiger partial charge < -0.3 is 38.5 Å². The molecule has 7 aromatic carbocycles. The number of aryl methyl sites for hydroxylation is 1. The Morgan fingerprint density at radius 3 is 1.17 bits per heavy atom. The minimum atomic E-state index is -4.75. The fraction of sp³-hybridized carbons (Fsp3) is 0.253. The van der Waals surface area contributed by atoms with E-state index in [0.717, 1.165) is 53.8 Å². The fourth-order valence-corrected chi connectivity index (χ4v) is 8.59. The zero-order valence-corrected chi connectivity index (χ0v) is 53.2. The molecule has 7 aromatic rings. The molecule has 490 valence electrons. The summed E-state index contributed by atoms with van der Waals surface area (Å²) >= 11 is 0. The van der Waals surface area contributed by atoms with Gasteiger partial charge in [0, 0.05) is 57.2 Å². The molecule has 1 amide bonds. The average molecular weight is 1290 g/mol. The lowest BCUT2D eigenvalue weighted by Crippen LogP contribution is -2.17. The smallest absolute Gasteiger partial charge is 0.418 e. The Kier molecular flexibility index (Phi) is 31.3. The summed E-state index contributed by atoms with van der Waals surface area (Å²) in [6, 6.07) is 46.1. The van der Waals surface area contributed by atoms with Gasteiger partial charge in [0.1, 0.15) is 23.0 Å². The van der Waals surface area contributed by atoms with Crippen LogP contribution in [0.2, 0.25) is 0 Å². The molecule has 0 heterocycles. The number of halogens is 3. The first-order valence-corrected chi connectivity index (χ1v) is 31.3. The van der Waals surface area contributed by atoms with Crippen LogP contribution in [0.5, 0.6) is 23.0 Å². The number of benzene rings is 7. The van der Waals surface area contributed by atoms with Gasteiger partial charge in [-0.1, -0.05) is 100.0 Å². The van der Waals surface area contributed by atoms with Crippen LogP contribution in [0.4, 0.5) is 18.9 Å². The Labute approximate surface area is 554 Å². The number of esters is 4. The normalized spacial score (nSPS) is 10.3. The number of rotatable bonds is 31. The molecule has 13 nitrogen and oxygen atoms in total. The molecular weight excluding hydrogens is 1210 g/mol. The van der Waals surface area contributed by atoms with Crippen molar-refractivity contribution in [2.75, 3.05) is 45.0 Å². The molecule has 0 saturated carbocycles. The number of anilines is 1. The van der Waals surface area contributed by atoms with E-state index in [2.05, 4.69) is 91.8 Å². The van der Waals surface area contributed by atoms with Crippen molar-refractivity contribution in [1.29, 1.82) is 0 Å². The maximum Gasteiger partial charge on any atom is 0.418 e. The Morgan fingerprint density at radius 1 is 0.411 bits per heavy atom. The number of carbonyl (C=O) groups is 5. The topological polar surface area (TPSA) is 162 Å². The van der Waals surface area contributed by atoms with E-state index >= 15 is 0 Å². The van der Waals surface area contributed by atoms with Gasteiger partial charge in [0.2, 0.25) is 0 Å². The van der Waals surface area contributed by atoms with E-state index in [4.69, 9.17) is 33.2 Å². The van der Waals surface area contributed by atoms with E-state index in [1.165, 1.54) is 61.9 Å². The predicted molar refractivity (Wildman–Crippen MR) is 361 cm³/mol. The molecular formula is C79H76F3NO12. The van der Waals surface area contributed by atoms with Gasteiger partial charge in [-0.25, -0.2) is 19.2 Å². The van der Waals surface area contributed by atoms with E-state index in [1.807, 2.05) is 12.1 Å². The van der Waals surface area contributed by atoms with Crippen LogP contribution in [0.1, 0.15) is 143 Å². The van der Waals surface area contributed by atoms with Crippen molar-refractivity contribution < 1.29 is 70.3 Å². The van der Waals surface area contributed by atoms with Crippen molar-refractivity contribution in [3.8, 4) is 58.5 Å². The quantitative estimate of drug-likeness (QED) is 0.0109. The Morgan fingerprint density at radius 2 is 0.758 bits per heavy atom. The third-order valence-electron chi connectivity index (χ3n) is 13.8. The van der Waals surface area contributed by atoms with Gasteiger partial charge in [0.25, 0.3) is 5.91 Å². The zero-order valence-electron chi connectivity index (χ0n) is 53.2. The Bertz CT molecular complexity index is 3830. The molecule has 0 bridgehead atoms. The first kappa shape index (κ1) is 73.0. The summed E-state index contributed by atoms with van der Waals surface area (Å²) in [6.07, 6.45) is 10.3. The lowest BCUT2D eigenvalue weighted by atomic mass is 10.0. The van der Waals surface area contributed by atoms with Gasteiger partial charge in [-0.05, 0) is 209 Å². The van der Waals surface area contributed by atoms with Gasteiger partial charge in [-0.2, -0.15) is 13.2 Å². The average Bonchev–Trinajstić information content (AvgIpc) is 0.853. The van der Waals surface area contributed by atoms with Gasteiger partial charge >= 0.3 is 30.1 Å². The number of ether oxygens (including phenoxy) is 7. The van der Waals surface area contributed by atoms with Crippen LogP contribution in [-0.4, -0.2) is 69.4 Å². The molecule has 16 heteroatoms.